The van der Waals surface area contributed by atoms with Crippen molar-refractivity contribution in [3.8, 4) is 0 Å². The van der Waals surface area contributed by atoms with Crippen molar-refractivity contribution in [2.24, 2.45) is 5.10 Å². The second-order valence-electron chi connectivity index (χ2n) is 6.13. The summed E-state index contributed by atoms with van der Waals surface area (Å²) >= 11 is 6.26. The van der Waals surface area contributed by atoms with E-state index < -0.39 is 0 Å². The van der Waals surface area contributed by atoms with Gasteiger partial charge in [0.1, 0.15) is 6.54 Å². The zero-order valence-electron chi connectivity index (χ0n) is 13.5. The summed E-state index contributed by atoms with van der Waals surface area (Å²) in [4.78, 5) is 1.57. The number of quaternary nitrogens is 1. The summed E-state index contributed by atoms with van der Waals surface area (Å²) in [6.45, 7) is 7.26. The highest BCUT2D eigenvalue weighted by atomic mass is 35.5. The van der Waals surface area contributed by atoms with Crippen molar-refractivity contribution >= 4 is 17.8 Å². The van der Waals surface area contributed by atoms with Gasteiger partial charge in [-0.25, -0.2) is 0 Å². The largest absolute Gasteiger partial charge is 0.328 e. The molecule has 0 saturated carbocycles. The number of hydrogen-bond donors (Lipinski definition) is 1. The van der Waals surface area contributed by atoms with E-state index in [0.29, 0.717) is 0 Å². The Bertz CT molecular complexity index is 676. The molecule has 23 heavy (non-hydrogen) atoms. The minimum absolute atomic E-state index is 0.875. The summed E-state index contributed by atoms with van der Waals surface area (Å²) in [5.41, 5.74) is 3.67. The second-order valence-corrected chi connectivity index (χ2v) is 6.54. The van der Waals surface area contributed by atoms with E-state index in [1.54, 1.807) is 4.90 Å². The van der Waals surface area contributed by atoms with Crippen LogP contribution in [0.5, 0.6) is 0 Å². The van der Waals surface area contributed by atoms with Crippen LogP contribution in [0.15, 0.2) is 53.6 Å². The zero-order valence-corrected chi connectivity index (χ0v) is 14.3. The average molecular weight is 329 g/mol. The molecule has 3 rings (SSSR count). The van der Waals surface area contributed by atoms with E-state index in [9.17, 15) is 0 Å². The Hall–Kier alpha value is -1.84. The molecule has 0 bridgehead atoms. The van der Waals surface area contributed by atoms with Crippen LogP contribution >= 0.6 is 11.6 Å². The molecule has 1 N–H and O–H groups in total. The molecule has 0 aromatic heterocycles. The first-order valence-corrected chi connectivity index (χ1v) is 8.51. The predicted molar refractivity (Wildman–Crippen MR) is 96.2 cm³/mol. The first-order valence-electron chi connectivity index (χ1n) is 8.13. The van der Waals surface area contributed by atoms with Crippen LogP contribution in [-0.2, 0) is 6.54 Å². The third-order valence-electron chi connectivity index (χ3n) is 4.26. The molecule has 120 valence electrons. The van der Waals surface area contributed by atoms with Crippen LogP contribution in [-0.4, -0.2) is 37.4 Å². The van der Waals surface area contributed by atoms with Gasteiger partial charge in [-0.15, -0.1) is 0 Å². The van der Waals surface area contributed by atoms with Gasteiger partial charge >= 0.3 is 0 Å². The van der Waals surface area contributed by atoms with Crippen molar-refractivity contribution in [2.45, 2.75) is 13.5 Å². The maximum atomic E-state index is 6.26. The summed E-state index contributed by atoms with van der Waals surface area (Å²) in [6.07, 6.45) is 1.96. The molecule has 2 aromatic carbocycles. The molecule has 0 atom stereocenters. The lowest BCUT2D eigenvalue weighted by Crippen LogP contribution is -3.13. The number of aryl methyl sites for hydroxylation is 1. The number of hydrazone groups is 1. The molecule has 1 heterocycles. The minimum atomic E-state index is 0.875. The van der Waals surface area contributed by atoms with E-state index in [1.807, 2.05) is 18.3 Å². The number of halogens is 1. The van der Waals surface area contributed by atoms with E-state index in [-0.39, 0.29) is 0 Å². The second kappa shape index (κ2) is 7.62. The fourth-order valence-corrected chi connectivity index (χ4v) is 3.12. The Balaban J connectivity index is 1.51. The van der Waals surface area contributed by atoms with Crippen molar-refractivity contribution < 1.29 is 4.90 Å². The highest BCUT2D eigenvalue weighted by molar-refractivity contribution is 6.31. The summed E-state index contributed by atoms with van der Waals surface area (Å²) in [7, 11) is 0. The molecule has 4 heteroatoms. The first kappa shape index (κ1) is 16.0. The van der Waals surface area contributed by atoms with Crippen LogP contribution < -0.4 is 4.90 Å². The van der Waals surface area contributed by atoms with Gasteiger partial charge in [-0.3, -0.25) is 5.01 Å². The molecular weight excluding hydrogens is 306 g/mol. The normalized spacial score (nSPS) is 16.2. The number of hydrogen-bond acceptors (Lipinski definition) is 2. The fourth-order valence-electron chi connectivity index (χ4n) is 2.91. The third kappa shape index (κ3) is 4.57. The van der Waals surface area contributed by atoms with Gasteiger partial charge in [0, 0.05) is 10.6 Å². The first-order chi connectivity index (χ1) is 11.2. The molecule has 2 aromatic rings. The Morgan fingerprint density at radius 3 is 2.65 bits per heavy atom. The molecule has 0 spiro atoms. The maximum Gasteiger partial charge on any atom is 0.104 e. The zero-order chi connectivity index (χ0) is 16.1. The Kier molecular flexibility index (Phi) is 5.31. The van der Waals surface area contributed by atoms with Gasteiger partial charge in [0.25, 0.3) is 0 Å². The lowest BCUT2D eigenvalue weighted by Gasteiger charge is -2.30. The Morgan fingerprint density at radius 1 is 1.13 bits per heavy atom. The molecule has 1 aliphatic rings. The topological polar surface area (TPSA) is 20.0 Å². The van der Waals surface area contributed by atoms with E-state index in [2.05, 4.69) is 53.4 Å². The molecule has 1 aliphatic heterocycles. The van der Waals surface area contributed by atoms with Crippen LogP contribution in [0.2, 0.25) is 5.02 Å². The van der Waals surface area contributed by atoms with Crippen LogP contribution in [0.4, 0.5) is 0 Å². The lowest BCUT2D eigenvalue weighted by atomic mass is 10.2. The van der Waals surface area contributed by atoms with Crippen LogP contribution in [0.25, 0.3) is 0 Å². The van der Waals surface area contributed by atoms with Crippen molar-refractivity contribution in [1.82, 2.24) is 5.01 Å². The monoisotopic (exact) mass is 328 g/mol. The van der Waals surface area contributed by atoms with Gasteiger partial charge in [0.05, 0.1) is 32.4 Å². The smallest absolute Gasteiger partial charge is 0.104 e. The van der Waals surface area contributed by atoms with Crippen LogP contribution in [0, 0.1) is 6.92 Å². The van der Waals surface area contributed by atoms with Gasteiger partial charge < -0.3 is 4.90 Å². The van der Waals surface area contributed by atoms with Gasteiger partial charge in [-0.1, -0.05) is 59.6 Å². The summed E-state index contributed by atoms with van der Waals surface area (Å²) < 4.78 is 0. The number of piperazine rings is 1. The van der Waals surface area contributed by atoms with Gasteiger partial charge in [-0.05, 0) is 18.6 Å². The highest BCUT2D eigenvalue weighted by Gasteiger charge is 2.19. The Labute approximate surface area is 143 Å². The molecule has 0 amide bonds. The van der Waals surface area contributed by atoms with Crippen molar-refractivity contribution in [3.05, 3.63) is 70.2 Å². The average Bonchev–Trinajstić information content (AvgIpc) is 2.56. The molecule has 0 radical (unpaired) electrons. The molecule has 1 saturated heterocycles. The third-order valence-corrected chi connectivity index (χ3v) is 4.63. The summed E-state index contributed by atoms with van der Waals surface area (Å²) in [6, 6.07) is 16.6. The van der Waals surface area contributed by atoms with E-state index in [0.717, 1.165) is 43.3 Å². The van der Waals surface area contributed by atoms with Crippen LogP contribution in [0.3, 0.4) is 0 Å². The molecule has 0 unspecified atom stereocenters. The Morgan fingerprint density at radius 2 is 1.91 bits per heavy atom. The molecule has 0 aliphatic carbocycles. The van der Waals surface area contributed by atoms with Gasteiger partial charge in [0.15, 0.2) is 0 Å². The summed E-state index contributed by atoms with van der Waals surface area (Å²) in [5, 5.41) is 7.66. The quantitative estimate of drug-likeness (QED) is 0.854. The number of nitrogens with one attached hydrogen (secondary N) is 1. The van der Waals surface area contributed by atoms with Gasteiger partial charge in [-0.2, -0.15) is 5.10 Å². The maximum absolute atomic E-state index is 6.26. The van der Waals surface area contributed by atoms with Crippen molar-refractivity contribution in [2.75, 3.05) is 26.2 Å². The van der Waals surface area contributed by atoms with Crippen molar-refractivity contribution in [3.63, 3.8) is 0 Å². The number of rotatable bonds is 4. The predicted octanol–water partition coefficient (Wildman–Crippen LogP) is 2.38. The SMILES string of the molecule is Cc1cccc(C=NN2CC[NH+](Cc3ccccc3Cl)CC2)c1. The molecular formula is C19H23ClN3+. The van der Waals surface area contributed by atoms with E-state index in [4.69, 9.17) is 11.6 Å². The van der Waals surface area contributed by atoms with Gasteiger partial charge in [0.2, 0.25) is 0 Å². The lowest BCUT2D eigenvalue weighted by molar-refractivity contribution is -0.918. The summed E-state index contributed by atoms with van der Waals surface area (Å²) in [5.74, 6) is 0. The number of benzene rings is 2. The highest BCUT2D eigenvalue weighted by Crippen LogP contribution is 2.13. The van der Waals surface area contributed by atoms with Crippen LogP contribution in [0.1, 0.15) is 16.7 Å². The fraction of sp³-hybridized carbons (Fsp3) is 0.316. The van der Waals surface area contributed by atoms with E-state index >= 15 is 0 Å². The standard InChI is InChI=1S/C19H22ClN3/c1-16-5-4-6-17(13-16)14-21-23-11-9-22(10-12-23)15-18-7-2-3-8-19(18)20/h2-8,13-14H,9-12,15H2,1H3/p+1. The number of nitrogens with zero attached hydrogens (tertiary/aromatic N) is 2. The molecule has 3 nitrogen and oxygen atoms in total. The van der Waals surface area contributed by atoms with Crippen molar-refractivity contribution in [1.29, 1.82) is 0 Å². The molecule has 1 fully saturated rings. The minimum Gasteiger partial charge on any atom is -0.328 e. The van der Waals surface area contributed by atoms with E-state index in [1.165, 1.54) is 11.1 Å².